The third kappa shape index (κ3) is 3.95. The zero-order valence-electron chi connectivity index (χ0n) is 8.48. The van der Waals surface area contributed by atoms with Crippen LogP contribution in [-0.4, -0.2) is 34.8 Å². The molecule has 0 saturated heterocycles. The Morgan fingerprint density at radius 2 is 1.47 bits per heavy atom. The van der Waals surface area contributed by atoms with E-state index in [-0.39, 0.29) is 0 Å². The highest BCUT2D eigenvalue weighted by molar-refractivity contribution is 8.14. The lowest BCUT2D eigenvalue weighted by Crippen LogP contribution is -1.94. The quantitative estimate of drug-likeness (QED) is 0.714. The number of nitrogens with zero attached hydrogens (tertiary/aromatic N) is 2. The number of oxime groups is 2. The van der Waals surface area contributed by atoms with Crippen molar-refractivity contribution in [1.82, 2.24) is 0 Å². The Morgan fingerprint density at radius 1 is 0.933 bits per heavy atom. The molecular weight excluding hydrogens is 232 g/mol. The van der Waals surface area contributed by atoms with Crippen molar-refractivity contribution in [3.8, 4) is 0 Å². The molecule has 6 heteroatoms. The van der Waals surface area contributed by atoms with Crippen LogP contribution in [0.1, 0.15) is 19.3 Å². The van der Waals surface area contributed by atoms with Crippen molar-refractivity contribution in [2.75, 3.05) is 24.7 Å². The van der Waals surface area contributed by atoms with Crippen LogP contribution in [-0.2, 0) is 9.68 Å². The van der Waals surface area contributed by atoms with Gasteiger partial charge in [-0.1, -0.05) is 10.3 Å². The molecule has 0 aromatic rings. The van der Waals surface area contributed by atoms with Gasteiger partial charge >= 0.3 is 0 Å². The van der Waals surface area contributed by atoms with Gasteiger partial charge in [0.2, 0.25) is 0 Å². The molecule has 0 bridgehead atoms. The van der Waals surface area contributed by atoms with E-state index in [1.807, 2.05) is 23.5 Å². The van der Waals surface area contributed by atoms with Crippen molar-refractivity contribution in [2.45, 2.75) is 19.3 Å². The minimum Gasteiger partial charge on any atom is -0.395 e. The van der Waals surface area contributed by atoms with Gasteiger partial charge in [0.15, 0.2) is 0 Å². The largest absolute Gasteiger partial charge is 0.395 e. The van der Waals surface area contributed by atoms with Gasteiger partial charge in [0.05, 0.1) is 0 Å². The molecule has 2 rings (SSSR count). The molecule has 84 valence electrons. The van der Waals surface area contributed by atoms with E-state index in [0.29, 0.717) is 0 Å². The standard InChI is InChI=1S/C9H14N2O2S2/c1(6-14-8-2-4-12-10-8)7-15-9-3-5-13-11-9/h1-7H2. The zero-order valence-corrected chi connectivity index (χ0v) is 10.1. The van der Waals surface area contributed by atoms with Gasteiger partial charge in [0, 0.05) is 24.3 Å². The van der Waals surface area contributed by atoms with Crippen LogP contribution in [0.5, 0.6) is 0 Å². The lowest BCUT2D eigenvalue weighted by Gasteiger charge is -1.99. The average Bonchev–Trinajstić information content (AvgIpc) is 2.88. The molecule has 4 nitrogen and oxygen atoms in total. The summed E-state index contributed by atoms with van der Waals surface area (Å²) in [6.45, 7) is 1.51. The minimum absolute atomic E-state index is 0.755. The lowest BCUT2D eigenvalue weighted by molar-refractivity contribution is 0.174. The first-order valence-electron chi connectivity index (χ1n) is 5.08. The Labute approximate surface area is 97.8 Å². The van der Waals surface area contributed by atoms with Crippen LogP contribution in [0.15, 0.2) is 10.3 Å². The minimum atomic E-state index is 0.755. The van der Waals surface area contributed by atoms with Crippen molar-refractivity contribution < 1.29 is 9.68 Å². The van der Waals surface area contributed by atoms with Crippen molar-refractivity contribution in [3.05, 3.63) is 0 Å². The summed E-state index contributed by atoms with van der Waals surface area (Å²) in [6.07, 6.45) is 3.14. The highest BCUT2D eigenvalue weighted by Gasteiger charge is 2.09. The summed E-state index contributed by atoms with van der Waals surface area (Å²) in [6, 6.07) is 0. The fraction of sp³-hybridized carbons (Fsp3) is 0.778. The molecule has 2 heterocycles. The second-order valence-corrected chi connectivity index (χ2v) is 5.52. The average molecular weight is 246 g/mol. The van der Waals surface area contributed by atoms with Gasteiger partial charge in [-0.15, -0.1) is 23.5 Å². The summed E-state index contributed by atoms with van der Waals surface area (Å²) in [5, 5.41) is 10.2. The van der Waals surface area contributed by atoms with Gasteiger partial charge in [-0.05, 0) is 6.42 Å². The molecule has 2 aliphatic rings. The van der Waals surface area contributed by atoms with Crippen LogP contribution in [0.4, 0.5) is 0 Å². The molecule has 0 unspecified atom stereocenters. The van der Waals surface area contributed by atoms with E-state index >= 15 is 0 Å². The first-order chi connectivity index (χ1) is 7.45. The Balaban J connectivity index is 1.48. The number of thioether (sulfide) groups is 2. The SMILES string of the molecule is C(CSC1=NOCC1)CSC1=NOCC1. The van der Waals surface area contributed by atoms with Crippen LogP contribution in [0.25, 0.3) is 0 Å². The third-order valence-corrected chi connectivity index (χ3v) is 4.18. The molecular formula is C9H14N2O2S2. The molecule has 15 heavy (non-hydrogen) atoms. The molecule has 0 atom stereocenters. The van der Waals surface area contributed by atoms with Crippen LogP contribution >= 0.6 is 23.5 Å². The van der Waals surface area contributed by atoms with Gasteiger partial charge in [-0.25, -0.2) is 0 Å². The van der Waals surface area contributed by atoms with Crippen molar-refractivity contribution in [1.29, 1.82) is 0 Å². The molecule has 0 spiro atoms. The highest BCUT2D eigenvalue weighted by atomic mass is 32.2. The van der Waals surface area contributed by atoms with Crippen molar-refractivity contribution >= 4 is 33.6 Å². The summed E-state index contributed by atoms with van der Waals surface area (Å²) in [7, 11) is 0. The predicted octanol–water partition coefficient (Wildman–Crippen LogP) is 2.31. The summed E-state index contributed by atoms with van der Waals surface area (Å²) in [5.74, 6) is 2.23. The highest BCUT2D eigenvalue weighted by Crippen LogP contribution is 2.18. The van der Waals surface area contributed by atoms with E-state index in [4.69, 9.17) is 9.68 Å². The number of hydrogen-bond acceptors (Lipinski definition) is 6. The molecule has 0 radical (unpaired) electrons. The first-order valence-corrected chi connectivity index (χ1v) is 7.05. The molecule has 0 N–H and O–H groups in total. The van der Waals surface area contributed by atoms with Gasteiger partial charge in [0.25, 0.3) is 0 Å². The number of rotatable bonds is 4. The maximum Gasteiger partial charge on any atom is 0.123 e. The second-order valence-electron chi connectivity index (χ2n) is 3.19. The van der Waals surface area contributed by atoms with E-state index < -0.39 is 0 Å². The molecule has 0 aliphatic carbocycles. The molecule has 0 amide bonds. The van der Waals surface area contributed by atoms with E-state index in [9.17, 15) is 0 Å². The topological polar surface area (TPSA) is 43.2 Å². The molecule has 0 fully saturated rings. The first kappa shape index (κ1) is 11.1. The maximum atomic E-state index is 4.92. The van der Waals surface area contributed by atoms with Crippen LogP contribution in [0.2, 0.25) is 0 Å². The van der Waals surface area contributed by atoms with E-state index in [1.165, 1.54) is 6.42 Å². The second kappa shape index (κ2) is 6.27. The fourth-order valence-electron chi connectivity index (χ4n) is 1.23. The molecule has 0 aromatic carbocycles. The van der Waals surface area contributed by atoms with Crippen molar-refractivity contribution in [2.24, 2.45) is 10.3 Å². The smallest absolute Gasteiger partial charge is 0.123 e. The predicted molar refractivity (Wildman–Crippen MR) is 65.5 cm³/mol. The lowest BCUT2D eigenvalue weighted by atomic mass is 10.5. The molecule has 0 saturated carbocycles. The van der Waals surface area contributed by atoms with E-state index in [2.05, 4.69) is 10.3 Å². The Morgan fingerprint density at radius 3 is 1.87 bits per heavy atom. The van der Waals surface area contributed by atoms with Crippen molar-refractivity contribution in [3.63, 3.8) is 0 Å². The summed E-state index contributed by atoms with van der Waals surface area (Å²) in [5.41, 5.74) is 0. The Kier molecular flexibility index (Phi) is 4.66. The van der Waals surface area contributed by atoms with Crippen LogP contribution in [0.3, 0.4) is 0 Å². The maximum absolute atomic E-state index is 4.92. The zero-order chi connectivity index (χ0) is 10.3. The Bertz CT molecular complexity index is 243. The monoisotopic (exact) mass is 246 g/mol. The number of hydrogen-bond donors (Lipinski definition) is 0. The Hall–Kier alpha value is -0.360. The van der Waals surface area contributed by atoms with Gasteiger partial charge in [-0.2, -0.15) is 0 Å². The summed E-state index contributed by atoms with van der Waals surface area (Å²) in [4.78, 5) is 9.84. The summed E-state index contributed by atoms with van der Waals surface area (Å²) >= 11 is 3.61. The molecule has 0 aromatic heterocycles. The normalized spacial score (nSPS) is 19.5. The van der Waals surface area contributed by atoms with Crippen LogP contribution in [0, 0.1) is 0 Å². The van der Waals surface area contributed by atoms with E-state index in [1.54, 1.807) is 0 Å². The van der Waals surface area contributed by atoms with E-state index in [0.717, 1.165) is 47.6 Å². The molecule has 2 aliphatic heterocycles. The van der Waals surface area contributed by atoms with Crippen LogP contribution < -0.4 is 0 Å². The van der Waals surface area contributed by atoms with Gasteiger partial charge < -0.3 is 9.68 Å². The summed E-state index contributed by atoms with van der Waals surface area (Å²) < 4.78 is 0. The fourth-order valence-corrected chi connectivity index (χ4v) is 3.13. The van der Waals surface area contributed by atoms with Gasteiger partial charge in [0.1, 0.15) is 23.3 Å². The third-order valence-electron chi connectivity index (χ3n) is 1.97. The van der Waals surface area contributed by atoms with Gasteiger partial charge in [-0.3, -0.25) is 0 Å².